The molecule has 1 unspecified atom stereocenters. The van der Waals surface area contributed by atoms with Crippen molar-refractivity contribution in [3.8, 4) is 5.75 Å². The number of nitrogens with zero attached hydrogens (tertiary/aromatic N) is 1. The molecule has 0 aliphatic carbocycles. The van der Waals surface area contributed by atoms with Gasteiger partial charge >= 0.3 is 0 Å². The predicted molar refractivity (Wildman–Crippen MR) is 60.5 cm³/mol. The Balaban J connectivity index is 2.40. The second-order valence-corrected chi connectivity index (χ2v) is 4.55. The smallest absolute Gasteiger partial charge is 0.217 e. The van der Waals surface area contributed by atoms with E-state index in [9.17, 15) is 12.8 Å². The van der Waals surface area contributed by atoms with E-state index in [-0.39, 0.29) is 6.04 Å². The van der Waals surface area contributed by atoms with Crippen LogP contribution >= 0.6 is 0 Å². The Morgan fingerprint density at radius 1 is 1.53 bits per heavy atom. The van der Waals surface area contributed by atoms with Gasteiger partial charge in [-0.3, -0.25) is 0 Å². The summed E-state index contributed by atoms with van der Waals surface area (Å²) >= 11 is 0. The topological polar surface area (TPSA) is 58.6 Å². The second-order valence-electron chi connectivity index (χ2n) is 3.64. The predicted octanol–water partition coefficient (Wildman–Crippen LogP) is 0.612. The SMILES string of the molecule is CNN(C1CCOc2cc(F)ccc21)[SH](=O)=O. The zero-order valence-electron chi connectivity index (χ0n) is 9.22. The van der Waals surface area contributed by atoms with E-state index in [0.717, 1.165) is 4.41 Å². The lowest BCUT2D eigenvalue weighted by atomic mass is 10.0. The van der Waals surface area contributed by atoms with Gasteiger partial charge < -0.3 is 4.74 Å². The van der Waals surface area contributed by atoms with Crippen LogP contribution in [-0.4, -0.2) is 26.5 Å². The van der Waals surface area contributed by atoms with Crippen molar-refractivity contribution in [3.63, 3.8) is 0 Å². The maximum atomic E-state index is 13.0. The monoisotopic (exact) mass is 260 g/mol. The Kier molecular flexibility index (Phi) is 3.60. The van der Waals surface area contributed by atoms with E-state index in [4.69, 9.17) is 4.74 Å². The first-order chi connectivity index (χ1) is 8.13. The molecule has 0 spiro atoms. The van der Waals surface area contributed by atoms with Gasteiger partial charge in [-0.2, -0.15) is 0 Å². The molecule has 1 N–H and O–H groups in total. The van der Waals surface area contributed by atoms with E-state index in [1.165, 1.54) is 19.2 Å². The molecule has 5 nitrogen and oxygen atoms in total. The summed E-state index contributed by atoms with van der Waals surface area (Å²) in [6.45, 7) is 0.364. The Bertz CT molecular complexity index is 484. The molecule has 0 saturated carbocycles. The summed E-state index contributed by atoms with van der Waals surface area (Å²) in [5.74, 6) is 0.00488. The highest BCUT2D eigenvalue weighted by atomic mass is 32.2. The number of hydrogen-bond acceptors (Lipinski definition) is 4. The van der Waals surface area contributed by atoms with Gasteiger partial charge in [-0.25, -0.2) is 18.2 Å². The van der Waals surface area contributed by atoms with Gasteiger partial charge in [0, 0.05) is 18.1 Å². The third-order valence-electron chi connectivity index (χ3n) is 2.68. The molecule has 1 aromatic rings. The van der Waals surface area contributed by atoms with Crippen molar-refractivity contribution < 1.29 is 17.5 Å². The van der Waals surface area contributed by atoms with E-state index in [1.54, 1.807) is 6.07 Å². The molecule has 0 amide bonds. The molecular formula is C10H13FN2O3S. The molecule has 2 rings (SSSR count). The number of benzene rings is 1. The first kappa shape index (κ1) is 12.3. The minimum absolute atomic E-state index is 0.356. The third-order valence-corrected chi connectivity index (χ3v) is 3.51. The van der Waals surface area contributed by atoms with Crippen LogP contribution in [0, 0.1) is 5.82 Å². The van der Waals surface area contributed by atoms with Crippen LogP contribution in [-0.2, 0) is 10.9 Å². The highest BCUT2D eigenvalue weighted by Gasteiger charge is 2.28. The Morgan fingerprint density at radius 2 is 2.29 bits per heavy atom. The van der Waals surface area contributed by atoms with Crippen LogP contribution in [0.3, 0.4) is 0 Å². The summed E-state index contributed by atoms with van der Waals surface area (Å²) in [6, 6.07) is 3.77. The molecule has 0 aromatic heterocycles. The van der Waals surface area contributed by atoms with Crippen LogP contribution in [0.25, 0.3) is 0 Å². The third kappa shape index (κ3) is 2.41. The Hall–Kier alpha value is -1.18. The van der Waals surface area contributed by atoms with Crippen LogP contribution in [0.2, 0.25) is 0 Å². The minimum Gasteiger partial charge on any atom is -0.493 e. The van der Waals surface area contributed by atoms with Crippen molar-refractivity contribution in [1.82, 2.24) is 9.84 Å². The van der Waals surface area contributed by atoms with Crippen LogP contribution in [0.15, 0.2) is 18.2 Å². The molecule has 0 bridgehead atoms. The van der Waals surface area contributed by atoms with E-state index in [1.807, 2.05) is 0 Å². The zero-order valence-corrected chi connectivity index (χ0v) is 10.1. The molecule has 1 aromatic carbocycles. The van der Waals surface area contributed by atoms with E-state index < -0.39 is 16.7 Å². The van der Waals surface area contributed by atoms with Gasteiger partial charge in [-0.1, -0.05) is 6.07 Å². The largest absolute Gasteiger partial charge is 0.493 e. The van der Waals surface area contributed by atoms with Crippen molar-refractivity contribution >= 4 is 10.9 Å². The van der Waals surface area contributed by atoms with Crippen LogP contribution in [0.5, 0.6) is 5.75 Å². The lowest BCUT2D eigenvalue weighted by Crippen LogP contribution is -2.39. The van der Waals surface area contributed by atoms with Gasteiger partial charge in [0.05, 0.1) is 12.6 Å². The summed E-state index contributed by atoms with van der Waals surface area (Å²) < 4.78 is 41.7. The van der Waals surface area contributed by atoms with Crippen molar-refractivity contribution in [2.75, 3.05) is 13.7 Å². The molecule has 0 saturated heterocycles. The van der Waals surface area contributed by atoms with Crippen LogP contribution < -0.4 is 10.2 Å². The van der Waals surface area contributed by atoms with Gasteiger partial charge in [-0.15, -0.1) is 4.41 Å². The molecule has 1 atom stereocenters. The molecule has 0 fully saturated rings. The lowest BCUT2D eigenvalue weighted by Gasteiger charge is -2.31. The number of halogens is 1. The molecule has 1 heterocycles. The molecule has 1 aliphatic rings. The fraction of sp³-hybridized carbons (Fsp3) is 0.400. The molecule has 17 heavy (non-hydrogen) atoms. The summed E-state index contributed by atoms with van der Waals surface area (Å²) in [5, 5.41) is 0. The van der Waals surface area contributed by atoms with Gasteiger partial charge in [0.15, 0.2) is 0 Å². The van der Waals surface area contributed by atoms with Crippen molar-refractivity contribution in [2.24, 2.45) is 0 Å². The lowest BCUT2D eigenvalue weighted by molar-refractivity contribution is 0.183. The summed E-state index contributed by atoms with van der Waals surface area (Å²) in [7, 11) is -1.21. The highest BCUT2D eigenvalue weighted by Crippen LogP contribution is 2.35. The van der Waals surface area contributed by atoms with Gasteiger partial charge in [-0.05, 0) is 13.1 Å². The Morgan fingerprint density at radius 3 is 2.94 bits per heavy atom. The number of fused-ring (bicyclic) bond motifs is 1. The summed E-state index contributed by atoms with van der Waals surface area (Å²) in [5.41, 5.74) is 3.29. The normalized spacial score (nSPS) is 19.2. The standard InChI is InChI=1S/C10H13FN2O3S/c1-12-13(17(14)15)9-4-5-16-10-6-7(11)2-3-8(9)10/h2-3,6,9,12,17H,4-5H2,1H3. The molecule has 94 valence electrons. The molecular weight excluding hydrogens is 247 g/mol. The second kappa shape index (κ2) is 4.99. The quantitative estimate of drug-likeness (QED) is 0.617. The van der Waals surface area contributed by atoms with Crippen molar-refractivity contribution in [2.45, 2.75) is 12.5 Å². The van der Waals surface area contributed by atoms with E-state index >= 15 is 0 Å². The maximum absolute atomic E-state index is 13.0. The minimum atomic E-state index is -2.75. The van der Waals surface area contributed by atoms with E-state index in [2.05, 4.69) is 5.43 Å². The van der Waals surface area contributed by atoms with E-state index in [0.29, 0.717) is 24.3 Å². The first-order valence-electron chi connectivity index (χ1n) is 5.16. The summed E-state index contributed by atoms with van der Waals surface area (Å²) in [4.78, 5) is 0. The molecule has 1 aliphatic heterocycles. The molecule has 0 radical (unpaired) electrons. The average Bonchev–Trinajstić information content (AvgIpc) is 2.29. The molecule has 7 heteroatoms. The average molecular weight is 260 g/mol. The number of hydrogen-bond donors (Lipinski definition) is 2. The highest BCUT2D eigenvalue weighted by molar-refractivity contribution is 7.69. The van der Waals surface area contributed by atoms with Gasteiger partial charge in [0.1, 0.15) is 11.6 Å². The zero-order chi connectivity index (χ0) is 12.4. The van der Waals surface area contributed by atoms with Crippen LogP contribution in [0.1, 0.15) is 18.0 Å². The fourth-order valence-electron chi connectivity index (χ4n) is 1.95. The van der Waals surface area contributed by atoms with Gasteiger partial charge in [0.25, 0.3) is 0 Å². The fourth-order valence-corrected chi connectivity index (χ4v) is 2.58. The number of hydrazine groups is 1. The number of thiol groups is 1. The Labute approximate surface area is 100 Å². The van der Waals surface area contributed by atoms with Crippen molar-refractivity contribution in [1.29, 1.82) is 0 Å². The van der Waals surface area contributed by atoms with Gasteiger partial charge in [0.2, 0.25) is 10.9 Å². The number of nitrogens with one attached hydrogen (secondary N) is 1. The van der Waals surface area contributed by atoms with Crippen molar-refractivity contribution in [3.05, 3.63) is 29.6 Å². The maximum Gasteiger partial charge on any atom is 0.217 e. The number of ether oxygens (including phenoxy) is 1. The number of rotatable bonds is 3. The van der Waals surface area contributed by atoms with Crippen LogP contribution in [0.4, 0.5) is 4.39 Å². The summed E-state index contributed by atoms with van der Waals surface area (Å²) in [6.07, 6.45) is 0.531. The first-order valence-corrected chi connectivity index (χ1v) is 6.29.